The minimum absolute atomic E-state index is 0.249. The summed E-state index contributed by atoms with van der Waals surface area (Å²) in [6.45, 7) is 5.28. The number of pyridine rings is 2. The van der Waals surface area contributed by atoms with Gasteiger partial charge in [-0.05, 0) is 68.1 Å². The number of nitrogens with one attached hydrogen (secondary N) is 2. The lowest BCUT2D eigenvalue weighted by Gasteiger charge is -2.26. The van der Waals surface area contributed by atoms with E-state index in [9.17, 15) is 0 Å². The Bertz CT molecular complexity index is 797. The first kappa shape index (κ1) is 21.4. The molecule has 0 radical (unpaired) electrons. The predicted molar refractivity (Wildman–Crippen MR) is 125 cm³/mol. The Hall–Kier alpha value is -1.88. The van der Waals surface area contributed by atoms with Crippen LogP contribution in [0.5, 0.6) is 5.88 Å². The Kier molecular flexibility index (Phi) is 7.79. The summed E-state index contributed by atoms with van der Waals surface area (Å²) in [5.74, 6) is 2.36. The minimum atomic E-state index is 0.249. The van der Waals surface area contributed by atoms with Crippen molar-refractivity contribution in [3.63, 3.8) is 0 Å². The lowest BCUT2D eigenvalue weighted by Crippen LogP contribution is -2.34. The maximum atomic E-state index is 6.36. The van der Waals surface area contributed by atoms with Crippen LogP contribution in [-0.2, 0) is 0 Å². The molecule has 1 aliphatic carbocycles. The van der Waals surface area contributed by atoms with Crippen LogP contribution in [0.1, 0.15) is 89.0 Å². The molecular formula is C25H38N4O. The molecule has 30 heavy (non-hydrogen) atoms. The number of hydrogen-bond donors (Lipinski definition) is 2. The van der Waals surface area contributed by atoms with E-state index in [1.165, 1.54) is 68.7 Å². The summed E-state index contributed by atoms with van der Waals surface area (Å²) in [5, 5.41) is 9.32. The SMILES string of the molecule is CCCCCCNc1cc2c(C3CCCCC3)cnc(OC3CCNCC3)c2cn1. The summed E-state index contributed by atoms with van der Waals surface area (Å²) >= 11 is 0. The van der Waals surface area contributed by atoms with Crippen LogP contribution in [0.15, 0.2) is 18.5 Å². The van der Waals surface area contributed by atoms with Gasteiger partial charge in [-0.15, -0.1) is 0 Å². The normalized spacial score (nSPS) is 18.6. The molecule has 3 heterocycles. The van der Waals surface area contributed by atoms with E-state index < -0.39 is 0 Å². The number of piperidine rings is 1. The number of ether oxygens (including phenoxy) is 1. The van der Waals surface area contributed by atoms with E-state index in [0.29, 0.717) is 5.92 Å². The van der Waals surface area contributed by atoms with E-state index in [1.807, 2.05) is 6.20 Å². The van der Waals surface area contributed by atoms with Crippen LogP contribution >= 0.6 is 0 Å². The first-order valence-corrected chi connectivity index (χ1v) is 12.2. The fraction of sp³-hybridized carbons (Fsp3) is 0.680. The number of hydrogen-bond acceptors (Lipinski definition) is 5. The fourth-order valence-electron chi connectivity index (χ4n) is 4.90. The van der Waals surface area contributed by atoms with Gasteiger partial charge in [0.1, 0.15) is 11.9 Å². The number of aromatic nitrogens is 2. The third kappa shape index (κ3) is 5.42. The summed E-state index contributed by atoms with van der Waals surface area (Å²) in [4.78, 5) is 9.52. The fourth-order valence-corrected chi connectivity index (χ4v) is 4.90. The maximum Gasteiger partial charge on any atom is 0.223 e. The van der Waals surface area contributed by atoms with Gasteiger partial charge in [-0.2, -0.15) is 0 Å². The van der Waals surface area contributed by atoms with Crippen LogP contribution in [0.4, 0.5) is 5.82 Å². The van der Waals surface area contributed by atoms with Crippen molar-refractivity contribution in [3.05, 3.63) is 24.0 Å². The quantitative estimate of drug-likeness (QED) is 0.512. The molecule has 1 saturated carbocycles. The van der Waals surface area contributed by atoms with Gasteiger partial charge in [0.2, 0.25) is 5.88 Å². The number of rotatable bonds is 9. The highest BCUT2D eigenvalue weighted by Gasteiger charge is 2.22. The van der Waals surface area contributed by atoms with Crippen molar-refractivity contribution in [2.45, 2.75) is 89.6 Å². The molecule has 2 fully saturated rings. The monoisotopic (exact) mass is 410 g/mol. The highest BCUT2D eigenvalue weighted by atomic mass is 16.5. The summed E-state index contributed by atoms with van der Waals surface area (Å²) in [6, 6.07) is 2.25. The van der Waals surface area contributed by atoms with E-state index in [-0.39, 0.29) is 6.10 Å². The van der Waals surface area contributed by atoms with Crippen LogP contribution in [0, 0.1) is 0 Å². The third-order valence-electron chi connectivity index (χ3n) is 6.71. The average molecular weight is 411 g/mol. The van der Waals surface area contributed by atoms with Crippen LogP contribution < -0.4 is 15.4 Å². The number of unbranched alkanes of at least 4 members (excludes halogenated alkanes) is 3. The van der Waals surface area contributed by atoms with Crippen molar-refractivity contribution < 1.29 is 4.74 Å². The topological polar surface area (TPSA) is 59.1 Å². The van der Waals surface area contributed by atoms with Crippen molar-refractivity contribution in [2.75, 3.05) is 25.0 Å². The average Bonchev–Trinajstić information content (AvgIpc) is 2.80. The molecule has 2 aromatic heterocycles. The second kappa shape index (κ2) is 10.9. The van der Waals surface area contributed by atoms with E-state index >= 15 is 0 Å². The zero-order valence-electron chi connectivity index (χ0n) is 18.6. The Morgan fingerprint density at radius 1 is 0.967 bits per heavy atom. The summed E-state index contributed by atoms with van der Waals surface area (Å²) < 4.78 is 6.36. The van der Waals surface area contributed by atoms with E-state index in [2.05, 4.69) is 29.8 Å². The van der Waals surface area contributed by atoms with Crippen molar-refractivity contribution in [2.24, 2.45) is 0 Å². The van der Waals surface area contributed by atoms with Gasteiger partial charge in [-0.3, -0.25) is 0 Å². The summed E-state index contributed by atoms with van der Waals surface area (Å²) in [5.41, 5.74) is 1.39. The summed E-state index contributed by atoms with van der Waals surface area (Å²) in [7, 11) is 0. The highest BCUT2D eigenvalue weighted by Crippen LogP contribution is 2.38. The molecule has 2 aromatic rings. The lowest BCUT2D eigenvalue weighted by molar-refractivity contribution is 0.158. The highest BCUT2D eigenvalue weighted by molar-refractivity contribution is 5.91. The third-order valence-corrected chi connectivity index (χ3v) is 6.71. The Labute approximate surface area is 181 Å². The van der Waals surface area contributed by atoms with Crippen LogP contribution in [0.3, 0.4) is 0 Å². The Morgan fingerprint density at radius 3 is 2.60 bits per heavy atom. The lowest BCUT2D eigenvalue weighted by atomic mass is 9.83. The van der Waals surface area contributed by atoms with Gasteiger partial charge in [0, 0.05) is 18.9 Å². The van der Waals surface area contributed by atoms with Gasteiger partial charge in [0.05, 0.1) is 5.39 Å². The largest absolute Gasteiger partial charge is 0.474 e. The van der Waals surface area contributed by atoms with Gasteiger partial charge in [0.25, 0.3) is 0 Å². The second-order valence-corrected chi connectivity index (χ2v) is 9.02. The first-order valence-electron chi connectivity index (χ1n) is 12.2. The molecule has 0 atom stereocenters. The Morgan fingerprint density at radius 2 is 1.80 bits per heavy atom. The first-order chi connectivity index (χ1) is 14.8. The molecule has 0 bridgehead atoms. The van der Waals surface area contributed by atoms with Gasteiger partial charge in [-0.25, -0.2) is 9.97 Å². The van der Waals surface area contributed by atoms with E-state index in [1.54, 1.807) is 0 Å². The molecule has 0 aromatic carbocycles. The zero-order valence-corrected chi connectivity index (χ0v) is 18.6. The number of fused-ring (bicyclic) bond motifs is 1. The molecule has 5 heteroatoms. The number of nitrogens with zero attached hydrogens (tertiary/aromatic N) is 2. The van der Waals surface area contributed by atoms with Gasteiger partial charge in [-0.1, -0.05) is 45.4 Å². The van der Waals surface area contributed by atoms with Gasteiger partial charge in [0.15, 0.2) is 0 Å². The van der Waals surface area contributed by atoms with Crippen molar-refractivity contribution in [1.29, 1.82) is 0 Å². The Balaban J connectivity index is 1.58. The van der Waals surface area contributed by atoms with Crippen molar-refractivity contribution in [3.8, 4) is 5.88 Å². The molecule has 164 valence electrons. The summed E-state index contributed by atoms with van der Waals surface area (Å²) in [6.07, 6.45) is 18.0. The maximum absolute atomic E-state index is 6.36. The zero-order chi connectivity index (χ0) is 20.6. The van der Waals surface area contributed by atoms with Gasteiger partial charge >= 0.3 is 0 Å². The van der Waals surface area contributed by atoms with Crippen LogP contribution in [0.25, 0.3) is 10.8 Å². The standard InChI is InChI=1S/C25H38N4O/c1-2-3-4-8-13-27-24-16-21-22(19-9-6-5-7-10-19)17-29-25(23(21)18-28-24)30-20-11-14-26-15-12-20/h16-20,26H,2-15H2,1H3,(H,27,28). The smallest absolute Gasteiger partial charge is 0.223 e. The molecule has 0 amide bonds. The molecule has 5 nitrogen and oxygen atoms in total. The van der Waals surface area contributed by atoms with Crippen molar-refractivity contribution >= 4 is 16.6 Å². The number of anilines is 1. The molecule has 0 unspecified atom stereocenters. The van der Waals surface area contributed by atoms with Gasteiger partial charge < -0.3 is 15.4 Å². The predicted octanol–water partition coefficient (Wildman–Crippen LogP) is 5.80. The minimum Gasteiger partial charge on any atom is -0.474 e. The molecule has 0 spiro atoms. The van der Waals surface area contributed by atoms with E-state index in [4.69, 9.17) is 14.7 Å². The molecule has 1 saturated heterocycles. The van der Waals surface area contributed by atoms with E-state index in [0.717, 1.165) is 49.6 Å². The molecule has 4 rings (SSSR count). The molecular weight excluding hydrogens is 372 g/mol. The van der Waals surface area contributed by atoms with Crippen molar-refractivity contribution in [1.82, 2.24) is 15.3 Å². The molecule has 1 aliphatic heterocycles. The second-order valence-electron chi connectivity index (χ2n) is 9.02. The van der Waals surface area contributed by atoms with Crippen LogP contribution in [-0.4, -0.2) is 35.7 Å². The molecule has 2 N–H and O–H groups in total. The van der Waals surface area contributed by atoms with Crippen LogP contribution in [0.2, 0.25) is 0 Å². The molecule has 2 aliphatic rings.